The Labute approximate surface area is 196 Å². The van der Waals surface area contributed by atoms with E-state index >= 15 is 0 Å². The number of hydrogen-bond acceptors (Lipinski definition) is 5. The van der Waals surface area contributed by atoms with Gasteiger partial charge in [-0.15, -0.1) is 0 Å². The molecule has 1 atom stereocenters. The number of nitrogens with zero attached hydrogens (tertiary/aromatic N) is 2. The molecule has 0 saturated carbocycles. The zero-order chi connectivity index (χ0) is 23.4. The number of fused-ring (bicyclic) bond motifs is 1. The van der Waals surface area contributed by atoms with Crippen molar-refractivity contribution in [1.29, 1.82) is 0 Å². The standard InChI is InChI=1S/C25H24N4O3S/c1-16(33-25-28-19-8-4-6-10-21(19)29(25)2)23(30)26-18-14-12-17(13-15-18)24(31)27-20-9-5-7-11-22(20)32-3/h4-16H,1-3H3,(H,26,30)(H,27,31)/t16-/m0/s1. The molecule has 1 aromatic heterocycles. The summed E-state index contributed by atoms with van der Waals surface area (Å²) in [5.41, 5.74) is 3.61. The van der Waals surface area contributed by atoms with Crippen LogP contribution >= 0.6 is 11.8 Å². The minimum Gasteiger partial charge on any atom is -0.495 e. The van der Waals surface area contributed by atoms with Gasteiger partial charge in [0.05, 0.1) is 29.1 Å². The van der Waals surface area contributed by atoms with Crippen LogP contribution in [0.2, 0.25) is 0 Å². The van der Waals surface area contributed by atoms with Crippen LogP contribution in [-0.4, -0.2) is 33.7 Å². The molecule has 0 spiro atoms. The Morgan fingerprint density at radius 3 is 2.39 bits per heavy atom. The van der Waals surface area contributed by atoms with Gasteiger partial charge in [0.1, 0.15) is 5.75 Å². The van der Waals surface area contributed by atoms with Crippen LogP contribution in [0.5, 0.6) is 5.75 Å². The number of amides is 2. The fourth-order valence-corrected chi connectivity index (χ4v) is 4.22. The van der Waals surface area contributed by atoms with Gasteiger partial charge in [0.2, 0.25) is 5.91 Å². The zero-order valence-corrected chi connectivity index (χ0v) is 19.3. The third kappa shape index (κ3) is 5.01. The lowest BCUT2D eigenvalue weighted by Gasteiger charge is -2.13. The Morgan fingerprint density at radius 2 is 1.67 bits per heavy atom. The highest BCUT2D eigenvalue weighted by molar-refractivity contribution is 8.00. The Kier molecular flexibility index (Phi) is 6.65. The quantitative estimate of drug-likeness (QED) is 0.381. The van der Waals surface area contributed by atoms with Crippen molar-refractivity contribution in [2.24, 2.45) is 7.05 Å². The van der Waals surface area contributed by atoms with Crippen molar-refractivity contribution in [3.8, 4) is 5.75 Å². The van der Waals surface area contributed by atoms with Crippen LogP contribution in [0, 0.1) is 0 Å². The number of aromatic nitrogens is 2. The van der Waals surface area contributed by atoms with Crippen LogP contribution in [0.4, 0.5) is 11.4 Å². The molecule has 0 unspecified atom stereocenters. The molecule has 2 N–H and O–H groups in total. The van der Waals surface area contributed by atoms with Gasteiger partial charge < -0.3 is 19.9 Å². The molecule has 0 aliphatic heterocycles. The van der Waals surface area contributed by atoms with Crippen LogP contribution < -0.4 is 15.4 Å². The monoisotopic (exact) mass is 460 g/mol. The third-order valence-electron chi connectivity index (χ3n) is 5.17. The summed E-state index contributed by atoms with van der Waals surface area (Å²) in [4.78, 5) is 29.9. The van der Waals surface area contributed by atoms with Crippen LogP contribution in [-0.2, 0) is 11.8 Å². The predicted octanol–water partition coefficient (Wildman–Crippen LogP) is 4.95. The lowest BCUT2D eigenvalue weighted by molar-refractivity contribution is -0.115. The number of thioether (sulfide) groups is 1. The first kappa shape index (κ1) is 22.4. The summed E-state index contributed by atoms with van der Waals surface area (Å²) < 4.78 is 7.25. The zero-order valence-electron chi connectivity index (χ0n) is 18.5. The number of carbonyl (C=O) groups is 2. The van der Waals surface area contributed by atoms with Crippen LogP contribution in [0.1, 0.15) is 17.3 Å². The van der Waals surface area contributed by atoms with E-state index in [0.29, 0.717) is 22.7 Å². The molecule has 4 aromatic rings. The molecule has 0 saturated heterocycles. The Bertz CT molecular complexity index is 1300. The van der Waals surface area contributed by atoms with E-state index in [4.69, 9.17) is 4.74 Å². The summed E-state index contributed by atoms with van der Waals surface area (Å²) in [6.45, 7) is 1.84. The first-order chi connectivity index (χ1) is 16.0. The number of aryl methyl sites for hydroxylation is 1. The largest absolute Gasteiger partial charge is 0.495 e. The number of imidazole rings is 1. The normalized spacial score (nSPS) is 11.7. The number of methoxy groups -OCH3 is 1. The van der Waals surface area contributed by atoms with E-state index in [-0.39, 0.29) is 17.1 Å². The van der Waals surface area contributed by atoms with Gasteiger partial charge in [0, 0.05) is 18.3 Å². The molecule has 8 heteroatoms. The predicted molar refractivity (Wildman–Crippen MR) is 132 cm³/mol. The molecule has 0 fully saturated rings. The number of hydrogen-bond donors (Lipinski definition) is 2. The third-order valence-corrected chi connectivity index (χ3v) is 6.31. The van der Waals surface area contributed by atoms with Gasteiger partial charge in [-0.3, -0.25) is 9.59 Å². The van der Waals surface area contributed by atoms with Gasteiger partial charge in [-0.2, -0.15) is 0 Å². The minimum atomic E-state index is -0.353. The molecular weight excluding hydrogens is 436 g/mol. The van der Waals surface area contributed by atoms with E-state index in [1.807, 2.05) is 54.9 Å². The Hall–Kier alpha value is -3.78. The van der Waals surface area contributed by atoms with Crippen molar-refractivity contribution in [3.05, 3.63) is 78.4 Å². The summed E-state index contributed by atoms with van der Waals surface area (Å²) in [7, 11) is 3.50. The Balaban J connectivity index is 1.38. The number of ether oxygens (including phenoxy) is 1. The molecular formula is C25H24N4O3S. The van der Waals surface area contributed by atoms with Gasteiger partial charge in [0.15, 0.2) is 5.16 Å². The molecule has 4 rings (SSSR count). The number of para-hydroxylation sites is 4. The van der Waals surface area contributed by atoms with Crippen LogP contribution in [0.15, 0.2) is 78.0 Å². The number of nitrogens with one attached hydrogen (secondary N) is 2. The highest BCUT2D eigenvalue weighted by Gasteiger charge is 2.19. The first-order valence-corrected chi connectivity index (χ1v) is 11.3. The highest BCUT2D eigenvalue weighted by Crippen LogP contribution is 2.27. The van der Waals surface area contributed by atoms with Crippen molar-refractivity contribution in [2.75, 3.05) is 17.7 Å². The maximum Gasteiger partial charge on any atom is 0.255 e. The maximum absolute atomic E-state index is 12.7. The Morgan fingerprint density at radius 1 is 0.970 bits per heavy atom. The van der Waals surface area contributed by atoms with Gasteiger partial charge in [-0.25, -0.2) is 4.98 Å². The lowest BCUT2D eigenvalue weighted by atomic mass is 10.2. The summed E-state index contributed by atoms with van der Waals surface area (Å²) in [5.74, 6) is 0.184. The molecule has 168 valence electrons. The van der Waals surface area contributed by atoms with E-state index in [1.165, 1.54) is 11.8 Å². The molecule has 1 heterocycles. The molecule has 0 bridgehead atoms. The molecule has 33 heavy (non-hydrogen) atoms. The van der Waals surface area contributed by atoms with Gasteiger partial charge in [-0.1, -0.05) is 36.0 Å². The molecule has 0 radical (unpaired) electrons. The first-order valence-electron chi connectivity index (χ1n) is 10.4. The second-order valence-electron chi connectivity index (χ2n) is 7.42. The summed E-state index contributed by atoms with van der Waals surface area (Å²) in [5, 5.41) is 6.16. The van der Waals surface area contributed by atoms with Gasteiger partial charge in [-0.05, 0) is 55.5 Å². The van der Waals surface area contributed by atoms with E-state index < -0.39 is 0 Å². The molecule has 2 amide bonds. The van der Waals surface area contributed by atoms with E-state index in [0.717, 1.165) is 16.2 Å². The summed E-state index contributed by atoms with van der Waals surface area (Å²) in [6, 6.07) is 21.8. The number of benzene rings is 3. The number of rotatable bonds is 7. The maximum atomic E-state index is 12.7. The second kappa shape index (κ2) is 9.79. The number of anilines is 2. The van der Waals surface area contributed by atoms with Crippen LogP contribution in [0.25, 0.3) is 11.0 Å². The minimum absolute atomic E-state index is 0.140. The van der Waals surface area contributed by atoms with Crippen molar-refractivity contribution in [2.45, 2.75) is 17.3 Å². The molecule has 7 nitrogen and oxygen atoms in total. The SMILES string of the molecule is COc1ccccc1NC(=O)c1ccc(NC(=O)[C@H](C)Sc2nc3ccccc3n2C)cc1. The topological polar surface area (TPSA) is 85.2 Å². The van der Waals surface area contributed by atoms with Crippen molar-refractivity contribution in [1.82, 2.24) is 9.55 Å². The fraction of sp³-hybridized carbons (Fsp3) is 0.160. The van der Waals surface area contributed by atoms with Crippen molar-refractivity contribution >= 4 is 46.0 Å². The lowest BCUT2D eigenvalue weighted by Crippen LogP contribution is -2.23. The average Bonchev–Trinajstić information content (AvgIpc) is 3.15. The summed E-state index contributed by atoms with van der Waals surface area (Å²) in [6.07, 6.45) is 0. The molecule has 0 aliphatic carbocycles. The van der Waals surface area contributed by atoms with E-state index in [1.54, 1.807) is 43.5 Å². The van der Waals surface area contributed by atoms with Crippen molar-refractivity contribution in [3.63, 3.8) is 0 Å². The smallest absolute Gasteiger partial charge is 0.255 e. The highest BCUT2D eigenvalue weighted by atomic mass is 32.2. The van der Waals surface area contributed by atoms with Gasteiger partial charge >= 0.3 is 0 Å². The fourth-order valence-electron chi connectivity index (χ4n) is 3.33. The molecule has 3 aromatic carbocycles. The average molecular weight is 461 g/mol. The van der Waals surface area contributed by atoms with Gasteiger partial charge in [0.25, 0.3) is 5.91 Å². The number of carbonyl (C=O) groups excluding carboxylic acids is 2. The summed E-state index contributed by atoms with van der Waals surface area (Å²) >= 11 is 1.40. The van der Waals surface area contributed by atoms with Crippen molar-refractivity contribution < 1.29 is 14.3 Å². The second-order valence-corrected chi connectivity index (χ2v) is 8.73. The van der Waals surface area contributed by atoms with E-state index in [2.05, 4.69) is 15.6 Å². The van der Waals surface area contributed by atoms with Crippen LogP contribution in [0.3, 0.4) is 0 Å². The molecule has 0 aliphatic rings. The van der Waals surface area contributed by atoms with E-state index in [9.17, 15) is 9.59 Å².